The molecule has 145 heavy (non-hydrogen) atoms. The van der Waals surface area contributed by atoms with Crippen LogP contribution in [0.25, 0.3) is 108 Å². The van der Waals surface area contributed by atoms with Gasteiger partial charge in [0.25, 0.3) is 0 Å². The summed E-state index contributed by atoms with van der Waals surface area (Å²) >= 11 is 5.98. The van der Waals surface area contributed by atoms with Crippen LogP contribution in [0.5, 0.6) is 0 Å². The van der Waals surface area contributed by atoms with E-state index in [2.05, 4.69) is 109 Å². The lowest BCUT2D eigenvalue weighted by atomic mass is 9.98. The van der Waals surface area contributed by atoms with E-state index in [4.69, 9.17) is 19.7 Å². The molecule has 47 heteroatoms. The summed E-state index contributed by atoms with van der Waals surface area (Å²) in [4.78, 5) is 21.6. The number of hydrogen-bond donors (Lipinski definition) is 7. The van der Waals surface area contributed by atoms with Gasteiger partial charge in [-0.1, -0.05) is 70.0 Å². The van der Waals surface area contributed by atoms with Gasteiger partial charge >= 0.3 is 30.9 Å². The summed E-state index contributed by atoms with van der Waals surface area (Å²) in [6.07, 6.45) is -6.66. The second-order valence-electron chi connectivity index (χ2n) is 36.3. The number of fused-ring (bicyclic) bond motifs is 5. The van der Waals surface area contributed by atoms with Gasteiger partial charge < -0.3 is 41.0 Å². The first-order valence-corrected chi connectivity index (χ1v) is 53.0. The SMILES string of the molecule is CCCCNc1nnc(-c2cc(C)c3cc(C4CC4)cc(C(F)(F)F)c3n2)s1.COCCCNc1nnc(-c2cc(C)c3cc(C4CC4)cc(C(F)(F)F)c3n2)s1.Cc1cc(-c2nnc(NCCCCCO)s2)nc2c(C(F)(F)F)cc(C3CC3)cc12.Cc1cc(-c2nnc(NCCOCCO)s2)nc2c(C(F)(F)F)cc(C3CC3)cc12.Cc1cc(-c2nnc(NS(C)(=O)=O)s2)nc2c(C(F)(F)F)cc(C3CC3)cc12. The molecule has 26 nitrogen and oxygen atoms in total. The van der Waals surface area contributed by atoms with Crippen molar-refractivity contribution in [1.82, 2.24) is 75.9 Å². The Balaban J connectivity index is 0.000000130. The Kier molecular flexibility index (Phi) is 32.9. The summed E-state index contributed by atoms with van der Waals surface area (Å²) in [5.74, 6) is 1.09. The van der Waals surface area contributed by atoms with E-state index in [-0.39, 0.29) is 92.8 Å². The monoisotopic (exact) mass is 2130 g/mol. The number of benzene rings is 5. The van der Waals surface area contributed by atoms with Crippen LogP contribution in [0.3, 0.4) is 0 Å². The summed E-state index contributed by atoms with van der Waals surface area (Å²) in [5, 5.41) is 77.5. The molecule has 0 bridgehead atoms. The molecule has 5 saturated carbocycles. The number of halogens is 15. The third kappa shape index (κ3) is 27.2. The molecule has 5 aromatic carbocycles. The number of methoxy groups -OCH3 is 1. The summed E-state index contributed by atoms with van der Waals surface area (Å²) in [6, 6.07) is 24.2. The first kappa shape index (κ1) is 106. The molecule has 5 aliphatic carbocycles. The summed E-state index contributed by atoms with van der Waals surface area (Å²) < 4.78 is 241. The quantitative estimate of drug-likeness (QED) is 0.0148. The summed E-state index contributed by atoms with van der Waals surface area (Å²) in [5.41, 5.74) is 5.38. The van der Waals surface area contributed by atoms with Gasteiger partial charge in [-0.3, -0.25) is 4.72 Å². The second kappa shape index (κ2) is 44.8. The van der Waals surface area contributed by atoms with Crippen LogP contribution >= 0.6 is 56.7 Å². The molecular weight excluding hydrogens is 2030 g/mol. The highest BCUT2D eigenvalue weighted by atomic mass is 32.2. The van der Waals surface area contributed by atoms with Crippen molar-refractivity contribution in [2.24, 2.45) is 0 Å². The van der Waals surface area contributed by atoms with Gasteiger partial charge in [-0.25, -0.2) is 33.3 Å². The average molecular weight is 2130 g/mol. The predicted octanol–water partition coefficient (Wildman–Crippen LogP) is 25.8. The Morgan fingerprint density at radius 2 is 0.579 bits per heavy atom. The highest BCUT2D eigenvalue weighted by Crippen LogP contribution is 2.52. The van der Waals surface area contributed by atoms with Gasteiger partial charge in [-0.2, -0.15) is 65.9 Å². The first-order valence-electron chi connectivity index (χ1n) is 47.0. The van der Waals surface area contributed by atoms with Crippen LogP contribution in [0.1, 0.15) is 223 Å². The van der Waals surface area contributed by atoms with E-state index >= 15 is 0 Å². The van der Waals surface area contributed by atoms with Crippen LogP contribution in [0.15, 0.2) is 91.0 Å². The number of unbranched alkanes of at least 4 members (excludes halogenated alkanes) is 3. The minimum Gasteiger partial charge on any atom is -0.396 e. The number of ether oxygens (including phenoxy) is 2. The molecule has 0 unspecified atom stereocenters. The molecule has 15 aromatic rings. The van der Waals surface area contributed by atoms with Crippen molar-refractivity contribution >= 4 is 147 Å². The first-order chi connectivity index (χ1) is 69.0. The molecule has 0 saturated heterocycles. The van der Waals surface area contributed by atoms with Gasteiger partial charge in [0.05, 0.1) is 81.5 Å². The van der Waals surface area contributed by atoms with E-state index in [1.165, 1.54) is 75.7 Å². The Hall–Kier alpha value is -11.3. The molecule has 5 aliphatic rings. The number of aromatic nitrogens is 15. The van der Waals surface area contributed by atoms with Crippen molar-refractivity contribution in [3.8, 4) is 53.5 Å². The number of aryl methyl sites for hydroxylation is 5. The fourth-order valence-corrected chi connectivity index (χ4v) is 20.8. The van der Waals surface area contributed by atoms with Crippen LogP contribution in [-0.2, 0) is 50.4 Å². The number of aliphatic hydroxyl groups is 2. The molecule has 10 heterocycles. The molecule has 0 spiro atoms. The molecule has 0 atom stereocenters. The average Bonchev–Trinajstić information content (AvgIpc) is 1.75. The van der Waals surface area contributed by atoms with Crippen molar-refractivity contribution in [2.75, 3.05) is 98.6 Å². The van der Waals surface area contributed by atoms with Crippen molar-refractivity contribution in [1.29, 1.82) is 0 Å². The number of hydrogen-bond acceptors (Lipinski definition) is 30. The molecule has 10 aromatic heterocycles. The van der Waals surface area contributed by atoms with Gasteiger partial charge in [0.15, 0.2) is 25.0 Å². The number of anilines is 5. The van der Waals surface area contributed by atoms with Gasteiger partial charge in [-0.15, -0.1) is 51.0 Å². The zero-order valence-electron chi connectivity index (χ0n) is 79.6. The number of aliphatic hydroxyl groups excluding tert-OH is 2. The largest absolute Gasteiger partial charge is 0.418 e. The highest BCUT2D eigenvalue weighted by Gasteiger charge is 2.43. The van der Waals surface area contributed by atoms with Crippen LogP contribution in [-0.4, -0.2) is 167 Å². The van der Waals surface area contributed by atoms with E-state index < -0.39 is 68.7 Å². The van der Waals surface area contributed by atoms with Gasteiger partial charge in [-0.05, 0) is 307 Å². The minimum absolute atomic E-state index is 0.0115. The maximum Gasteiger partial charge on any atom is 0.418 e. The molecule has 0 aliphatic heterocycles. The molecular formula is C98H101F15N20O6S6. The highest BCUT2D eigenvalue weighted by molar-refractivity contribution is 7.92. The van der Waals surface area contributed by atoms with E-state index in [0.717, 1.165) is 171 Å². The number of pyridine rings is 5. The van der Waals surface area contributed by atoms with Crippen LogP contribution < -0.4 is 26.0 Å². The lowest BCUT2D eigenvalue weighted by Gasteiger charge is -2.14. The van der Waals surface area contributed by atoms with Gasteiger partial charge in [0, 0.05) is 73.4 Å². The lowest BCUT2D eigenvalue weighted by Crippen LogP contribution is -2.11. The Bertz CT molecular complexity index is 7130. The fraction of sp³-hybridized carbons (Fsp3) is 0.439. The van der Waals surface area contributed by atoms with Crippen LogP contribution in [0.4, 0.5) is 91.5 Å². The summed E-state index contributed by atoms with van der Waals surface area (Å²) in [7, 11) is -1.89. The third-order valence-corrected chi connectivity index (χ3v) is 29.6. The van der Waals surface area contributed by atoms with E-state index in [0.29, 0.717) is 134 Å². The molecule has 5 fully saturated rings. The van der Waals surface area contributed by atoms with Gasteiger partial charge in [0.2, 0.25) is 35.7 Å². The minimum atomic E-state index is -4.54. The molecule has 0 radical (unpaired) electrons. The standard InChI is InChI=1S/C21H23F3N4OS.C20H21F3N4O2S.C20H21F3N4OS.C20H21F3N4S.C17H15F3N4O2S2/c1-12-9-17(19-27-28-20(30-19)25-7-3-2-4-8-29)26-18-15(12)10-14(13-5-6-13)11-16(18)21(22,23)24;1-11-8-16(18-26-27-19(30-18)24-4-6-29-7-5-28)25-17-14(11)9-13(12-2-3-12)10-15(17)20(21,22)23;1-11-8-16(18-26-27-19(29-18)24-6-3-7-28-2)25-17-14(11)9-13(12-4-5-12)10-15(17)20(21,22)23;1-3-4-7-24-19-27-26-18(28-19)16-8-11(2)14-9-13(12-5-6-12)10-15(17(14)25-16)20(21,22)23;1-8-5-13(15-22-23-16(27-15)24-28(2,25)26)21-14-11(8)6-10(9-3-4-9)7-12(14)17(18,19)20/h9-11,13,29H,2-8H2,1H3,(H,25,28);8-10,12,28H,2-7H2,1H3,(H,24,27);8-10,12H,3-7H2,1-2H3,(H,24,27);8-10,12H,3-7H2,1-2H3,(H,24,27);5-7,9H,3-4H2,1-2H3,(H,23,24). The Morgan fingerprint density at radius 1 is 0.324 bits per heavy atom. The van der Waals surface area contributed by atoms with Crippen molar-refractivity contribution in [2.45, 2.75) is 205 Å². The maximum absolute atomic E-state index is 13.8. The zero-order chi connectivity index (χ0) is 103. The molecule has 770 valence electrons. The second-order valence-corrected chi connectivity index (χ2v) is 42.9. The zero-order valence-corrected chi connectivity index (χ0v) is 84.5. The molecule has 20 rings (SSSR count). The Morgan fingerprint density at radius 3 is 0.821 bits per heavy atom. The molecule has 7 N–H and O–H groups in total. The lowest BCUT2D eigenvalue weighted by molar-refractivity contribution is -0.137. The number of nitrogens with one attached hydrogen (secondary N) is 5. The number of alkyl halides is 15. The van der Waals surface area contributed by atoms with Crippen molar-refractivity contribution in [3.05, 3.63) is 174 Å². The smallest absolute Gasteiger partial charge is 0.396 e. The maximum atomic E-state index is 13.8. The van der Waals surface area contributed by atoms with Crippen molar-refractivity contribution in [3.63, 3.8) is 0 Å². The number of nitrogens with zero attached hydrogens (tertiary/aromatic N) is 15. The van der Waals surface area contributed by atoms with E-state index in [9.17, 15) is 74.3 Å². The molecule has 0 amide bonds. The van der Waals surface area contributed by atoms with Gasteiger partial charge in [0.1, 0.15) is 28.5 Å². The fourth-order valence-electron chi connectivity index (χ4n) is 16.4. The predicted molar refractivity (Wildman–Crippen MR) is 534 cm³/mol. The van der Waals surface area contributed by atoms with Crippen molar-refractivity contribution < 1.29 is 94.0 Å². The normalized spacial score (nSPS) is 14.6. The summed E-state index contributed by atoms with van der Waals surface area (Å²) in [6.45, 7) is 15.1. The van der Waals surface area contributed by atoms with Crippen LogP contribution in [0.2, 0.25) is 0 Å². The number of sulfonamides is 1. The topological polar surface area (TPSA) is 347 Å². The van der Waals surface area contributed by atoms with Crippen LogP contribution in [0, 0.1) is 34.6 Å². The van der Waals surface area contributed by atoms with E-state index in [1.807, 2.05) is 45.0 Å². The third-order valence-electron chi connectivity index (χ3n) is 24.5. The Labute approximate surface area is 842 Å². The number of rotatable bonds is 33. The van der Waals surface area contributed by atoms with E-state index in [1.54, 1.807) is 57.4 Å².